The number of aryl methyl sites for hydroxylation is 2. The summed E-state index contributed by atoms with van der Waals surface area (Å²) in [6, 6.07) is 4.50. The van der Waals surface area contributed by atoms with Crippen LogP contribution in [0, 0.1) is 19.8 Å². The highest BCUT2D eigenvalue weighted by atomic mass is 16.5. The highest BCUT2D eigenvalue weighted by molar-refractivity contribution is 6.46. The number of fused-ring (bicyclic) bond motifs is 1. The van der Waals surface area contributed by atoms with Crippen molar-refractivity contribution in [1.82, 2.24) is 5.01 Å². The Labute approximate surface area is 156 Å². The molecule has 0 aromatic heterocycles. The number of hydrazone groups is 1. The molecule has 8 heteroatoms. The van der Waals surface area contributed by atoms with Crippen molar-refractivity contribution in [1.29, 1.82) is 0 Å². The lowest BCUT2D eigenvalue weighted by atomic mass is 9.98. The van der Waals surface area contributed by atoms with Crippen molar-refractivity contribution in [3.63, 3.8) is 0 Å². The van der Waals surface area contributed by atoms with E-state index in [1.165, 1.54) is 19.0 Å². The van der Waals surface area contributed by atoms with Gasteiger partial charge in [0.2, 0.25) is 5.91 Å². The first-order valence-electron chi connectivity index (χ1n) is 8.63. The smallest absolute Gasteiger partial charge is 0.355 e. The minimum atomic E-state index is -1.03. The maximum absolute atomic E-state index is 13.1. The van der Waals surface area contributed by atoms with Gasteiger partial charge in [-0.15, -0.1) is 0 Å². The van der Waals surface area contributed by atoms with Crippen LogP contribution >= 0.6 is 0 Å². The van der Waals surface area contributed by atoms with Gasteiger partial charge in [0.15, 0.2) is 5.71 Å². The van der Waals surface area contributed by atoms with Crippen molar-refractivity contribution in [2.24, 2.45) is 11.0 Å². The molecule has 2 aliphatic heterocycles. The molecular weight excluding hydrogens is 350 g/mol. The third-order valence-corrected chi connectivity index (χ3v) is 4.68. The zero-order valence-electron chi connectivity index (χ0n) is 15.7. The van der Waals surface area contributed by atoms with Crippen molar-refractivity contribution < 1.29 is 23.9 Å². The van der Waals surface area contributed by atoms with Gasteiger partial charge >= 0.3 is 5.97 Å². The predicted octanol–water partition coefficient (Wildman–Crippen LogP) is 0.985. The van der Waals surface area contributed by atoms with Gasteiger partial charge in [0.05, 0.1) is 12.8 Å². The molecule has 0 saturated carbocycles. The first-order chi connectivity index (χ1) is 12.7. The van der Waals surface area contributed by atoms with Crippen LogP contribution in [0.15, 0.2) is 23.3 Å². The number of imide groups is 1. The van der Waals surface area contributed by atoms with E-state index in [2.05, 4.69) is 5.10 Å². The highest BCUT2D eigenvalue weighted by Crippen LogP contribution is 2.36. The van der Waals surface area contributed by atoms with Gasteiger partial charge in [-0.3, -0.25) is 19.4 Å². The number of carbonyl (C=O) groups is 4. The monoisotopic (exact) mass is 371 g/mol. The number of nitrogens with zero attached hydrogens (tertiary/aromatic N) is 3. The van der Waals surface area contributed by atoms with Crippen molar-refractivity contribution >= 4 is 35.0 Å². The van der Waals surface area contributed by atoms with Gasteiger partial charge in [-0.1, -0.05) is 6.07 Å². The molecule has 1 aromatic carbocycles. The quantitative estimate of drug-likeness (QED) is 0.566. The summed E-state index contributed by atoms with van der Waals surface area (Å²) in [5.74, 6) is -2.82. The summed E-state index contributed by atoms with van der Waals surface area (Å²) in [5, 5.41) is 5.50. The zero-order chi connectivity index (χ0) is 19.9. The van der Waals surface area contributed by atoms with Gasteiger partial charge in [-0.2, -0.15) is 5.10 Å². The Morgan fingerprint density at radius 3 is 2.30 bits per heavy atom. The average molecular weight is 371 g/mol. The van der Waals surface area contributed by atoms with Crippen LogP contribution in [0.25, 0.3) is 0 Å². The Kier molecular flexibility index (Phi) is 4.82. The van der Waals surface area contributed by atoms with E-state index < -0.39 is 29.7 Å². The average Bonchev–Trinajstić information content (AvgIpc) is 3.08. The van der Waals surface area contributed by atoms with Crippen molar-refractivity contribution in [2.45, 2.75) is 33.2 Å². The number of ketones is 1. The molecule has 1 fully saturated rings. The van der Waals surface area contributed by atoms with Crippen LogP contribution in [0.3, 0.4) is 0 Å². The van der Waals surface area contributed by atoms with Crippen LogP contribution in [0.2, 0.25) is 0 Å². The number of methoxy groups -OCH3 is 1. The van der Waals surface area contributed by atoms with Crippen LogP contribution in [0.4, 0.5) is 5.69 Å². The lowest BCUT2D eigenvalue weighted by molar-refractivity contribution is -0.133. The number of benzene rings is 1. The number of Topliss-reactive ketones (excluding diaryl/α,β-unsaturated/α-hetero) is 1. The molecule has 2 amide bonds. The largest absolute Gasteiger partial charge is 0.464 e. The second-order valence-corrected chi connectivity index (χ2v) is 6.87. The summed E-state index contributed by atoms with van der Waals surface area (Å²) in [7, 11) is 1.20. The number of hydrogen-bond acceptors (Lipinski definition) is 7. The number of esters is 1. The number of ether oxygens (including phenoxy) is 1. The summed E-state index contributed by atoms with van der Waals surface area (Å²) < 4.78 is 4.73. The Balaban J connectivity index is 2.01. The van der Waals surface area contributed by atoms with Crippen molar-refractivity contribution in [2.75, 3.05) is 18.6 Å². The van der Waals surface area contributed by atoms with E-state index in [9.17, 15) is 19.2 Å². The fourth-order valence-electron chi connectivity index (χ4n) is 3.55. The molecular formula is C19H21N3O5. The van der Waals surface area contributed by atoms with Crippen LogP contribution in [0.1, 0.15) is 24.5 Å². The van der Waals surface area contributed by atoms with Gasteiger partial charge in [0, 0.05) is 13.0 Å². The molecule has 2 heterocycles. The molecule has 2 unspecified atom stereocenters. The van der Waals surface area contributed by atoms with E-state index in [-0.39, 0.29) is 24.5 Å². The molecule has 0 aliphatic carbocycles. The molecule has 2 atom stereocenters. The molecule has 0 spiro atoms. The maximum atomic E-state index is 13.1. The molecule has 2 aliphatic rings. The molecule has 0 radical (unpaired) electrons. The Morgan fingerprint density at radius 2 is 1.74 bits per heavy atom. The fourth-order valence-corrected chi connectivity index (χ4v) is 3.55. The van der Waals surface area contributed by atoms with Gasteiger partial charge in [0.25, 0.3) is 5.91 Å². The summed E-state index contributed by atoms with van der Waals surface area (Å²) in [6.07, 6.45) is 0.159. The minimum absolute atomic E-state index is 0.0730. The van der Waals surface area contributed by atoms with Crippen molar-refractivity contribution in [3.05, 3.63) is 29.3 Å². The zero-order valence-corrected chi connectivity index (χ0v) is 15.7. The van der Waals surface area contributed by atoms with E-state index in [0.29, 0.717) is 5.69 Å². The normalized spacial score (nSPS) is 21.4. The highest BCUT2D eigenvalue weighted by Gasteiger charge is 2.58. The molecule has 142 valence electrons. The van der Waals surface area contributed by atoms with Gasteiger partial charge in [-0.25, -0.2) is 9.69 Å². The molecule has 1 saturated heterocycles. The number of anilines is 1. The molecule has 0 bridgehead atoms. The topological polar surface area (TPSA) is 96.3 Å². The maximum Gasteiger partial charge on any atom is 0.355 e. The minimum Gasteiger partial charge on any atom is -0.464 e. The summed E-state index contributed by atoms with van der Waals surface area (Å²) in [6.45, 7) is 5.34. The van der Waals surface area contributed by atoms with Crippen LogP contribution < -0.4 is 4.90 Å². The van der Waals surface area contributed by atoms with E-state index >= 15 is 0 Å². The number of hydrogen-bond donors (Lipinski definition) is 0. The van der Waals surface area contributed by atoms with E-state index in [1.807, 2.05) is 19.9 Å². The molecule has 1 aromatic rings. The lowest BCUT2D eigenvalue weighted by Crippen LogP contribution is -2.40. The van der Waals surface area contributed by atoms with E-state index in [0.717, 1.165) is 16.0 Å². The second kappa shape index (κ2) is 6.94. The molecule has 27 heavy (non-hydrogen) atoms. The number of carbonyl (C=O) groups excluding carboxylic acids is 4. The summed E-state index contributed by atoms with van der Waals surface area (Å²) in [4.78, 5) is 50.7. The second-order valence-electron chi connectivity index (χ2n) is 6.87. The Bertz CT molecular complexity index is 856. The Hall–Kier alpha value is -3.03. The van der Waals surface area contributed by atoms with Crippen molar-refractivity contribution in [3.8, 4) is 0 Å². The Morgan fingerprint density at radius 1 is 1.11 bits per heavy atom. The summed E-state index contributed by atoms with van der Waals surface area (Å²) >= 11 is 0. The first kappa shape index (κ1) is 18.8. The fraction of sp³-hybridized carbons (Fsp3) is 0.421. The van der Waals surface area contributed by atoms with Crippen LogP contribution in [-0.2, 0) is 23.9 Å². The lowest BCUT2D eigenvalue weighted by Gasteiger charge is -2.22. The standard InChI is InChI=1S/C19H21N3O5/c1-10-7-11(2)9-13(8-10)22-17(24)14-15(19(26)27-4)20-21(6-5-12(3)23)16(14)18(22)25/h7-9,14,16H,5-6H2,1-4H3. The van der Waals surface area contributed by atoms with Gasteiger partial charge in [-0.05, 0) is 44.0 Å². The van der Waals surface area contributed by atoms with Gasteiger partial charge in [0.1, 0.15) is 17.7 Å². The van der Waals surface area contributed by atoms with Crippen LogP contribution in [0.5, 0.6) is 0 Å². The molecule has 0 N–H and O–H groups in total. The van der Waals surface area contributed by atoms with Crippen LogP contribution in [-0.4, -0.2) is 54.0 Å². The molecule has 3 rings (SSSR count). The third kappa shape index (κ3) is 3.22. The third-order valence-electron chi connectivity index (χ3n) is 4.68. The molecule has 8 nitrogen and oxygen atoms in total. The van der Waals surface area contributed by atoms with E-state index in [1.54, 1.807) is 12.1 Å². The van der Waals surface area contributed by atoms with Gasteiger partial charge < -0.3 is 4.74 Å². The first-order valence-corrected chi connectivity index (χ1v) is 8.63. The number of amides is 2. The predicted molar refractivity (Wildman–Crippen MR) is 97.1 cm³/mol. The number of rotatable bonds is 5. The summed E-state index contributed by atoms with van der Waals surface area (Å²) in [5.41, 5.74) is 2.19. The SMILES string of the molecule is COC(=O)C1=NN(CCC(C)=O)C2C(=O)N(c3cc(C)cc(C)c3)C(=O)C12. The van der Waals surface area contributed by atoms with E-state index in [4.69, 9.17) is 4.74 Å².